The molecule has 1 aliphatic heterocycles. The Kier molecular flexibility index (Phi) is 4.52. The molecule has 2 aromatic rings. The number of piperidine rings is 1. The molecule has 0 N–H and O–H groups in total. The molecule has 0 unspecified atom stereocenters. The van der Waals surface area contributed by atoms with Crippen molar-refractivity contribution in [1.29, 1.82) is 0 Å². The highest BCUT2D eigenvalue weighted by atomic mass is 16.2. The number of allylic oxidation sites excluding steroid dienone is 1. The monoisotopic (exact) mass is 294 g/mol. The van der Waals surface area contributed by atoms with E-state index in [-0.39, 0.29) is 5.91 Å². The predicted octanol–water partition coefficient (Wildman–Crippen LogP) is 3.90. The van der Waals surface area contributed by atoms with Gasteiger partial charge in [-0.2, -0.15) is 0 Å². The lowest BCUT2D eigenvalue weighted by Crippen LogP contribution is -2.36. The van der Waals surface area contributed by atoms with Crippen molar-refractivity contribution >= 4 is 22.9 Å². The summed E-state index contributed by atoms with van der Waals surface area (Å²) >= 11 is 0. The Bertz CT molecular complexity index is 679. The van der Waals surface area contributed by atoms with Crippen LogP contribution in [0.15, 0.2) is 42.6 Å². The van der Waals surface area contributed by atoms with Crippen LogP contribution in [-0.2, 0) is 4.79 Å². The molecule has 1 amide bonds. The van der Waals surface area contributed by atoms with Crippen LogP contribution in [0, 0.1) is 5.92 Å². The van der Waals surface area contributed by atoms with Gasteiger partial charge < -0.3 is 4.90 Å². The third-order valence-electron chi connectivity index (χ3n) is 4.51. The van der Waals surface area contributed by atoms with E-state index in [2.05, 4.69) is 35.3 Å². The maximum absolute atomic E-state index is 11.3. The second-order valence-corrected chi connectivity index (χ2v) is 6.00. The average molecular weight is 294 g/mol. The second kappa shape index (κ2) is 6.73. The Morgan fingerprint density at radius 3 is 2.82 bits per heavy atom. The van der Waals surface area contributed by atoms with Gasteiger partial charge in [0.05, 0.1) is 5.52 Å². The fourth-order valence-electron chi connectivity index (χ4n) is 3.13. The average Bonchev–Trinajstić information content (AvgIpc) is 2.55. The number of para-hydroxylation sites is 1. The summed E-state index contributed by atoms with van der Waals surface area (Å²) in [6.45, 7) is 3.48. The van der Waals surface area contributed by atoms with Crippen LogP contribution in [0.1, 0.15) is 31.7 Å². The van der Waals surface area contributed by atoms with E-state index in [1.807, 2.05) is 23.2 Å². The standard InChI is InChI=1S/C19H22N2O/c1-15(22)21-13-10-16(11-14-21)5-4-6-17-9-12-20-19-8-3-2-7-18(17)19/h2-4,6-9,12,16H,5,10-11,13-14H2,1H3/b6-4+. The number of hydrogen-bond acceptors (Lipinski definition) is 2. The van der Waals surface area contributed by atoms with Crippen LogP contribution >= 0.6 is 0 Å². The lowest BCUT2D eigenvalue weighted by molar-refractivity contribution is -0.130. The van der Waals surface area contributed by atoms with Gasteiger partial charge in [0.25, 0.3) is 0 Å². The highest BCUT2D eigenvalue weighted by Gasteiger charge is 2.19. The number of carbonyl (C=O) groups excluding carboxylic acids is 1. The molecule has 0 saturated carbocycles. The first kappa shape index (κ1) is 14.8. The number of likely N-dealkylation sites (tertiary alicyclic amines) is 1. The molecule has 1 aromatic heterocycles. The molecule has 0 spiro atoms. The first-order valence-electron chi connectivity index (χ1n) is 8.00. The summed E-state index contributed by atoms with van der Waals surface area (Å²) in [6, 6.07) is 10.3. The van der Waals surface area contributed by atoms with Crippen molar-refractivity contribution in [2.75, 3.05) is 13.1 Å². The van der Waals surface area contributed by atoms with E-state index >= 15 is 0 Å². The zero-order valence-electron chi connectivity index (χ0n) is 13.0. The van der Waals surface area contributed by atoms with Crippen molar-refractivity contribution in [3.8, 4) is 0 Å². The molecule has 3 heteroatoms. The van der Waals surface area contributed by atoms with Gasteiger partial charge in [-0.25, -0.2) is 0 Å². The van der Waals surface area contributed by atoms with Gasteiger partial charge in [-0.1, -0.05) is 30.4 Å². The lowest BCUT2D eigenvalue weighted by Gasteiger charge is -2.30. The molecule has 1 saturated heterocycles. The fourth-order valence-corrected chi connectivity index (χ4v) is 3.13. The van der Waals surface area contributed by atoms with Gasteiger partial charge in [-0.3, -0.25) is 9.78 Å². The number of rotatable bonds is 3. The zero-order chi connectivity index (χ0) is 15.4. The van der Waals surface area contributed by atoms with Crippen molar-refractivity contribution in [1.82, 2.24) is 9.88 Å². The van der Waals surface area contributed by atoms with E-state index < -0.39 is 0 Å². The van der Waals surface area contributed by atoms with Crippen molar-refractivity contribution in [2.45, 2.75) is 26.2 Å². The molecule has 0 aliphatic carbocycles. The summed E-state index contributed by atoms with van der Waals surface area (Å²) in [7, 11) is 0. The summed E-state index contributed by atoms with van der Waals surface area (Å²) in [5.74, 6) is 0.900. The third-order valence-corrected chi connectivity index (χ3v) is 4.51. The number of pyridine rings is 1. The Morgan fingerprint density at radius 1 is 1.27 bits per heavy atom. The molecule has 1 fully saturated rings. The van der Waals surface area contributed by atoms with Gasteiger partial charge in [0.15, 0.2) is 0 Å². The van der Waals surface area contributed by atoms with E-state index in [1.165, 1.54) is 10.9 Å². The van der Waals surface area contributed by atoms with Crippen molar-refractivity contribution in [3.63, 3.8) is 0 Å². The van der Waals surface area contributed by atoms with Crippen molar-refractivity contribution in [3.05, 3.63) is 48.2 Å². The topological polar surface area (TPSA) is 33.2 Å². The Labute approximate surface area is 131 Å². The van der Waals surface area contributed by atoms with E-state index in [1.54, 1.807) is 6.92 Å². The maximum Gasteiger partial charge on any atom is 0.219 e. The highest BCUT2D eigenvalue weighted by molar-refractivity contribution is 5.87. The molecule has 3 nitrogen and oxygen atoms in total. The molecule has 0 bridgehead atoms. The minimum absolute atomic E-state index is 0.206. The van der Waals surface area contributed by atoms with E-state index in [4.69, 9.17) is 0 Å². The van der Waals surface area contributed by atoms with Gasteiger partial charge in [-0.15, -0.1) is 0 Å². The first-order chi connectivity index (χ1) is 10.7. The van der Waals surface area contributed by atoms with E-state index in [0.717, 1.165) is 37.9 Å². The Balaban J connectivity index is 1.62. The van der Waals surface area contributed by atoms with Gasteiger partial charge in [0.2, 0.25) is 5.91 Å². The van der Waals surface area contributed by atoms with Crippen LogP contribution in [0.3, 0.4) is 0 Å². The molecule has 22 heavy (non-hydrogen) atoms. The van der Waals surface area contributed by atoms with Gasteiger partial charge in [0.1, 0.15) is 0 Å². The molecule has 1 aliphatic rings. The van der Waals surface area contributed by atoms with Crippen LogP contribution in [0.5, 0.6) is 0 Å². The summed E-state index contributed by atoms with van der Waals surface area (Å²) < 4.78 is 0. The van der Waals surface area contributed by atoms with Crippen LogP contribution < -0.4 is 0 Å². The summed E-state index contributed by atoms with van der Waals surface area (Å²) in [5, 5.41) is 1.20. The summed E-state index contributed by atoms with van der Waals surface area (Å²) in [5.41, 5.74) is 2.27. The number of fused-ring (bicyclic) bond motifs is 1. The van der Waals surface area contributed by atoms with Gasteiger partial charge >= 0.3 is 0 Å². The maximum atomic E-state index is 11.3. The zero-order valence-corrected chi connectivity index (χ0v) is 13.0. The van der Waals surface area contributed by atoms with Gasteiger partial charge in [-0.05, 0) is 42.9 Å². The van der Waals surface area contributed by atoms with E-state index in [9.17, 15) is 4.79 Å². The number of nitrogens with zero attached hydrogens (tertiary/aromatic N) is 2. The fraction of sp³-hybridized carbons (Fsp3) is 0.368. The highest BCUT2D eigenvalue weighted by Crippen LogP contribution is 2.22. The molecule has 2 heterocycles. The third kappa shape index (κ3) is 3.35. The SMILES string of the molecule is CC(=O)N1CCC(C/C=C/c2ccnc3ccccc23)CC1. The molecular formula is C19H22N2O. The van der Waals surface area contributed by atoms with Crippen LogP contribution in [0.25, 0.3) is 17.0 Å². The Hall–Kier alpha value is -2.16. The largest absolute Gasteiger partial charge is 0.343 e. The van der Waals surface area contributed by atoms with Crippen LogP contribution in [0.2, 0.25) is 0 Å². The second-order valence-electron chi connectivity index (χ2n) is 6.00. The minimum atomic E-state index is 0.206. The lowest BCUT2D eigenvalue weighted by atomic mass is 9.93. The molecule has 0 atom stereocenters. The van der Waals surface area contributed by atoms with Crippen LogP contribution in [0.4, 0.5) is 0 Å². The number of hydrogen-bond donors (Lipinski definition) is 0. The predicted molar refractivity (Wildman–Crippen MR) is 90.4 cm³/mol. The summed E-state index contributed by atoms with van der Waals surface area (Å²) in [6.07, 6.45) is 9.66. The smallest absolute Gasteiger partial charge is 0.219 e. The van der Waals surface area contributed by atoms with Crippen LogP contribution in [-0.4, -0.2) is 28.9 Å². The number of amides is 1. The minimum Gasteiger partial charge on any atom is -0.343 e. The quantitative estimate of drug-likeness (QED) is 0.860. The molecular weight excluding hydrogens is 272 g/mol. The Morgan fingerprint density at radius 2 is 2.05 bits per heavy atom. The van der Waals surface area contributed by atoms with Gasteiger partial charge in [0, 0.05) is 31.6 Å². The number of benzene rings is 1. The molecule has 0 radical (unpaired) electrons. The first-order valence-corrected chi connectivity index (χ1v) is 8.00. The number of carbonyl (C=O) groups is 1. The van der Waals surface area contributed by atoms with Crippen molar-refractivity contribution < 1.29 is 4.79 Å². The molecule has 114 valence electrons. The van der Waals surface area contributed by atoms with Crippen molar-refractivity contribution in [2.24, 2.45) is 5.92 Å². The molecule has 1 aromatic carbocycles. The number of aromatic nitrogens is 1. The summed E-state index contributed by atoms with van der Waals surface area (Å²) in [4.78, 5) is 17.7. The normalized spacial score (nSPS) is 16.5. The van der Waals surface area contributed by atoms with E-state index in [0.29, 0.717) is 5.92 Å². The molecule has 3 rings (SSSR count).